The number of aromatic nitrogens is 2. The Kier molecular flexibility index (Phi) is 3.76. The number of carbonyl (C=O) groups excluding carboxylic acids is 1. The molecule has 1 aromatic rings. The van der Waals surface area contributed by atoms with Crippen molar-refractivity contribution in [2.24, 2.45) is 0 Å². The zero-order chi connectivity index (χ0) is 13.1. The van der Waals surface area contributed by atoms with Crippen LogP contribution in [0.2, 0.25) is 0 Å². The van der Waals surface area contributed by atoms with E-state index in [9.17, 15) is 9.90 Å². The van der Waals surface area contributed by atoms with Gasteiger partial charge in [-0.05, 0) is 13.0 Å². The Morgan fingerprint density at radius 3 is 2.61 bits per heavy atom. The number of nitrogens with zero attached hydrogens (tertiary/aromatic N) is 4. The number of carbonyl (C=O) groups is 1. The summed E-state index contributed by atoms with van der Waals surface area (Å²) in [7, 11) is 0. The fourth-order valence-electron chi connectivity index (χ4n) is 1.99. The Labute approximate surface area is 106 Å². The summed E-state index contributed by atoms with van der Waals surface area (Å²) in [6, 6.07) is 1.83. The molecule has 1 aliphatic rings. The van der Waals surface area contributed by atoms with Gasteiger partial charge in [-0.2, -0.15) is 0 Å². The number of aliphatic hydroxyl groups excluding tert-OH is 1. The van der Waals surface area contributed by atoms with Crippen LogP contribution in [0.5, 0.6) is 0 Å². The van der Waals surface area contributed by atoms with Gasteiger partial charge in [-0.3, -0.25) is 4.79 Å². The zero-order valence-corrected chi connectivity index (χ0v) is 10.7. The van der Waals surface area contributed by atoms with Crippen molar-refractivity contribution in [2.75, 3.05) is 31.1 Å². The summed E-state index contributed by atoms with van der Waals surface area (Å²) in [5.41, 5.74) is 0. The smallest absolute Gasteiger partial charge is 0.219 e. The first-order valence-electron chi connectivity index (χ1n) is 6.09. The Bertz CT molecular complexity index is 428. The highest BCUT2D eigenvalue weighted by Crippen LogP contribution is 2.15. The molecule has 1 N–H and O–H groups in total. The van der Waals surface area contributed by atoms with Crippen molar-refractivity contribution >= 4 is 11.7 Å². The second-order valence-electron chi connectivity index (χ2n) is 4.44. The molecular weight excluding hydrogens is 232 g/mol. The van der Waals surface area contributed by atoms with Crippen LogP contribution in [0.15, 0.2) is 12.3 Å². The molecule has 1 aliphatic heterocycles. The summed E-state index contributed by atoms with van der Waals surface area (Å²) in [5.74, 6) is 1.35. The molecule has 1 aromatic heterocycles. The number of aliphatic hydroxyl groups is 1. The largest absolute Gasteiger partial charge is 0.385 e. The van der Waals surface area contributed by atoms with E-state index in [1.165, 1.54) is 0 Å². The van der Waals surface area contributed by atoms with Crippen LogP contribution in [0.1, 0.15) is 25.8 Å². The molecule has 2 rings (SSSR count). The normalized spacial score (nSPS) is 17.7. The lowest BCUT2D eigenvalue weighted by molar-refractivity contribution is -0.129. The van der Waals surface area contributed by atoms with Gasteiger partial charge in [0.25, 0.3) is 0 Å². The van der Waals surface area contributed by atoms with Crippen LogP contribution in [0.4, 0.5) is 5.82 Å². The predicted molar refractivity (Wildman–Crippen MR) is 67.1 cm³/mol. The maximum Gasteiger partial charge on any atom is 0.219 e. The van der Waals surface area contributed by atoms with Gasteiger partial charge in [0, 0.05) is 39.3 Å². The lowest BCUT2D eigenvalue weighted by Crippen LogP contribution is -2.48. The number of rotatable bonds is 2. The van der Waals surface area contributed by atoms with Crippen molar-refractivity contribution in [3.63, 3.8) is 0 Å². The molecule has 6 nitrogen and oxygen atoms in total. The van der Waals surface area contributed by atoms with E-state index in [1.807, 2.05) is 11.0 Å². The third-order valence-corrected chi connectivity index (χ3v) is 3.08. The van der Waals surface area contributed by atoms with E-state index < -0.39 is 6.10 Å². The molecule has 2 heterocycles. The molecule has 98 valence electrons. The molecular formula is C12H18N4O2. The Morgan fingerprint density at radius 2 is 2.06 bits per heavy atom. The summed E-state index contributed by atoms with van der Waals surface area (Å²) in [4.78, 5) is 23.5. The maximum absolute atomic E-state index is 11.2. The van der Waals surface area contributed by atoms with Gasteiger partial charge in [0.15, 0.2) is 5.82 Å². The first kappa shape index (κ1) is 12.8. The summed E-state index contributed by atoms with van der Waals surface area (Å²) < 4.78 is 0. The molecule has 1 saturated heterocycles. The van der Waals surface area contributed by atoms with Gasteiger partial charge in [0.2, 0.25) is 5.91 Å². The average Bonchev–Trinajstić information content (AvgIpc) is 2.39. The molecule has 0 aromatic carbocycles. The van der Waals surface area contributed by atoms with Gasteiger partial charge >= 0.3 is 0 Å². The number of hydrogen-bond donors (Lipinski definition) is 1. The lowest BCUT2D eigenvalue weighted by atomic mass is 10.3. The number of hydrogen-bond acceptors (Lipinski definition) is 5. The third kappa shape index (κ3) is 2.76. The number of anilines is 1. The molecule has 0 saturated carbocycles. The zero-order valence-electron chi connectivity index (χ0n) is 10.7. The molecule has 0 radical (unpaired) electrons. The van der Waals surface area contributed by atoms with Crippen LogP contribution in [-0.4, -0.2) is 52.1 Å². The highest BCUT2D eigenvalue weighted by atomic mass is 16.3. The van der Waals surface area contributed by atoms with Crippen molar-refractivity contribution < 1.29 is 9.90 Å². The molecule has 18 heavy (non-hydrogen) atoms. The van der Waals surface area contributed by atoms with Gasteiger partial charge in [-0.1, -0.05) is 0 Å². The van der Waals surface area contributed by atoms with E-state index >= 15 is 0 Å². The first-order chi connectivity index (χ1) is 8.58. The molecule has 1 unspecified atom stereocenters. The van der Waals surface area contributed by atoms with Crippen molar-refractivity contribution in [1.29, 1.82) is 0 Å². The minimum atomic E-state index is -0.663. The second-order valence-corrected chi connectivity index (χ2v) is 4.44. The van der Waals surface area contributed by atoms with Crippen LogP contribution in [0.3, 0.4) is 0 Å². The monoisotopic (exact) mass is 250 g/mol. The fourth-order valence-corrected chi connectivity index (χ4v) is 1.99. The first-order valence-corrected chi connectivity index (χ1v) is 6.09. The van der Waals surface area contributed by atoms with Crippen LogP contribution in [-0.2, 0) is 4.79 Å². The fraction of sp³-hybridized carbons (Fsp3) is 0.583. The van der Waals surface area contributed by atoms with Gasteiger partial charge < -0.3 is 14.9 Å². The van der Waals surface area contributed by atoms with E-state index in [2.05, 4.69) is 14.9 Å². The Morgan fingerprint density at radius 1 is 1.39 bits per heavy atom. The second kappa shape index (κ2) is 5.30. The quantitative estimate of drug-likeness (QED) is 0.812. The van der Waals surface area contributed by atoms with Crippen LogP contribution in [0, 0.1) is 0 Å². The summed E-state index contributed by atoms with van der Waals surface area (Å²) in [6.45, 7) is 6.18. The molecule has 0 spiro atoms. The molecule has 1 amide bonds. The number of piperazine rings is 1. The van der Waals surface area contributed by atoms with Gasteiger partial charge in [0.05, 0.1) is 0 Å². The van der Waals surface area contributed by atoms with Gasteiger partial charge in [-0.15, -0.1) is 0 Å². The van der Waals surface area contributed by atoms with Crippen LogP contribution < -0.4 is 4.90 Å². The average molecular weight is 250 g/mol. The van der Waals surface area contributed by atoms with Crippen molar-refractivity contribution in [1.82, 2.24) is 14.9 Å². The highest BCUT2D eigenvalue weighted by molar-refractivity contribution is 5.73. The van der Waals surface area contributed by atoms with E-state index in [1.54, 1.807) is 20.0 Å². The standard InChI is InChI=1S/C12H18N4O2/c1-9(17)12-13-4-3-11(14-12)16-7-5-15(6-8-16)10(2)18/h3-4,9,17H,5-8H2,1-2H3. The minimum Gasteiger partial charge on any atom is -0.385 e. The van der Waals surface area contributed by atoms with Crippen LogP contribution in [0.25, 0.3) is 0 Å². The SMILES string of the molecule is CC(=O)N1CCN(c2ccnc(C(C)O)n2)CC1. The Balaban J connectivity index is 2.05. The predicted octanol–water partition coefficient (Wildman–Crippen LogP) is 0.198. The minimum absolute atomic E-state index is 0.113. The summed E-state index contributed by atoms with van der Waals surface area (Å²) in [5, 5.41) is 9.46. The van der Waals surface area contributed by atoms with E-state index in [4.69, 9.17) is 0 Å². The van der Waals surface area contributed by atoms with E-state index in [0.29, 0.717) is 18.9 Å². The maximum atomic E-state index is 11.2. The molecule has 1 atom stereocenters. The molecule has 1 fully saturated rings. The van der Waals surface area contributed by atoms with Crippen molar-refractivity contribution in [3.8, 4) is 0 Å². The highest BCUT2D eigenvalue weighted by Gasteiger charge is 2.20. The molecule has 0 aliphatic carbocycles. The molecule has 0 bridgehead atoms. The summed E-state index contributed by atoms with van der Waals surface area (Å²) >= 11 is 0. The van der Waals surface area contributed by atoms with Crippen molar-refractivity contribution in [2.45, 2.75) is 20.0 Å². The number of amides is 1. The summed E-state index contributed by atoms with van der Waals surface area (Å²) in [6.07, 6.45) is 0.991. The van der Waals surface area contributed by atoms with E-state index in [0.717, 1.165) is 18.9 Å². The van der Waals surface area contributed by atoms with E-state index in [-0.39, 0.29) is 5.91 Å². The van der Waals surface area contributed by atoms with Gasteiger partial charge in [-0.25, -0.2) is 9.97 Å². The van der Waals surface area contributed by atoms with Crippen molar-refractivity contribution in [3.05, 3.63) is 18.1 Å². The van der Waals surface area contributed by atoms with Gasteiger partial charge in [0.1, 0.15) is 11.9 Å². The Hall–Kier alpha value is -1.69. The topological polar surface area (TPSA) is 69.6 Å². The third-order valence-electron chi connectivity index (χ3n) is 3.08. The molecule has 6 heteroatoms. The van der Waals surface area contributed by atoms with Crippen LogP contribution >= 0.6 is 0 Å². The lowest BCUT2D eigenvalue weighted by Gasteiger charge is -2.34.